The lowest BCUT2D eigenvalue weighted by Gasteiger charge is -2.09. The van der Waals surface area contributed by atoms with E-state index in [1.165, 1.54) is 12.1 Å². The predicted octanol–water partition coefficient (Wildman–Crippen LogP) is 2.61. The zero-order valence-electron chi connectivity index (χ0n) is 9.27. The van der Waals surface area contributed by atoms with E-state index < -0.39 is 0 Å². The third-order valence-electron chi connectivity index (χ3n) is 2.24. The van der Waals surface area contributed by atoms with Crippen LogP contribution < -0.4 is 16.0 Å². The lowest BCUT2D eigenvalue weighted by molar-refractivity contribution is 0.476. The molecule has 0 spiro atoms. The molecule has 0 radical (unpaired) electrons. The first-order valence-electron chi connectivity index (χ1n) is 5.06. The van der Waals surface area contributed by atoms with E-state index in [0.29, 0.717) is 17.3 Å². The summed E-state index contributed by atoms with van der Waals surface area (Å²) in [5.41, 5.74) is 3.15. The van der Waals surface area contributed by atoms with Gasteiger partial charge >= 0.3 is 0 Å². The van der Waals surface area contributed by atoms with Crippen LogP contribution in [0.4, 0.5) is 10.2 Å². The molecular formula is C12H12FN3O. The van der Waals surface area contributed by atoms with E-state index in [9.17, 15) is 4.39 Å². The molecule has 5 heteroatoms. The Kier molecular flexibility index (Phi) is 3.20. The number of rotatable bonds is 3. The van der Waals surface area contributed by atoms with Crippen LogP contribution in [0.2, 0.25) is 0 Å². The topological polar surface area (TPSA) is 60.2 Å². The summed E-state index contributed by atoms with van der Waals surface area (Å²) in [5.74, 6) is 6.65. The molecule has 0 aliphatic rings. The van der Waals surface area contributed by atoms with Gasteiger partial charge in [0.2, 0.25) is 0 Å². The Morgan fingerprint density at radius 1 is 1.29 bits per heavy atom. The average molecular weight is 233 g/mol. The molecule has 0 amide bonds. The van der Waals surface area contributed by atoms with Gasteiger partial charge in [-0.1, -0.05) is 0 Å². The van der Waals surface area contributed by atoms with Crippen molar-refractivity contribution in [2.24, 2.45) is 5.84 Å². The smallest absolute Gasteiger partial charge is 0.143 e. The zero-order chi connectivity index (χ0) is 12.3. The molecule has 0 unspecified atom stereocenters. The van der Waals surface area contributed by atoms with Crippen molar-refractivity contribution >= 4 is 5.82 Å². The zero-order valence-corrected chi connectivity index (χ0v) is 9.27. The van der Waals surface area contributed by atoms with Crippen LogP contribution in [0, 0.1) is 12.7 Å². The molecule has 2 aromatic rings. The van der Waals surface area contributed by atoms with Gasteiger partial charge in [0.1, 0.15) is 23.1 Å². The molecule has 0 bridgehead atoms. The van der Waals surface area contributed by atoms with Gasteiger partial charge in [0.15, 0.2) is 0 Å². The third-order valence-corrected chi connectivity index (χ3v) is 2.24. The highest BCUT2D eigenvalue weighted by Crippen LogP contribution is 2.26. The Morgan fingerprint density at radius 2 is 2.12 bits per heavy atom. The highest BCUT2D eigenvalue weighted by molar-refractivity contribution is 5.43. The van der Waals surface area contributed by atoms with Gasteiger partial charge in [-0.15, -0.1) is 0 Å². The SMILES string of the molecule is Cc1cc(F)ccc1Oc1ccnc(NN)c1. The van der Waals surface area contributed by atoms with Crippen LogP contribution in [0.5, 0.6) is 11.5 Å². The molecule has 0 saturated heterocycles. The molecule has 0 saturated carbocycles. The van der Waals surface area contributed by atoms with E-state index in [2.05, 4.69) is 10.4 Å². The number of pyridine rings is 1. The summed E-state index contributed by atoms with van der Waals surface area (Å²) in [5, 5.41) is 0. The Balaban J connectivity index is 2.25. The summed E-state index contributed by atoms with van der Waals surface area (Å²) < 4.78 is 18.5. The van der Waals surface area contributed by atoms with Crippen LogP contribution in [0.3, 0.4) is 0 Å². The van der Waals surface area contributed by atoms with E-state index in [1.54, 1.807) is 31.3 Å². The van der Waals surface area contributed by atoms with Crippen LogP contribution in [-0.4, -0.2) is 4.98 Å². The lowest BCUT2D eigenvalue weighted by atomic mass is 10.2. The summed E-state index contributed by atoms with van der Waals surface area (Å²) in [6.45, 7) is 1.78. The first-order chi connectivity index (χ1) is 8.19. The summed E-state index contributed by atoms with van der Waals surface area (Å²) in [6.07, 6.45) is 1.57. The molecule has 3 N–H and O–H groups in total. The number of nitrogens with zero attached hydrogens (tertiary/aromatic N) is 1. The van der Waals surface area contributed by atoms with Crippen molar-refractivity contribution in [1.29, 1.82) is 0 Å². The van der Waals surface area contributed by atoms with Crippen molar-refractivity contribution in [3.63, 3.8) is 0 Å². The van der Waals surface area contributed by atoms with Crippen LogP contribution in [0.1, 0.15) is 5.56 Å². The number of nitrogens with one attached hydrogen (secondary N) is 1. The standard InChI is InChI=1S/C12H12FN3O/c1-8-6-9(13)2-3-11(8)17-10-4-5-15-12(7-10)16-14/h2-7H,14H2,1H3,(H,15,16). The second-order valence-corrected chi connectivity index (χ2v) is 3.53. The molecular weight excluding hydrogens is 221 g/mol. The number of nitrogen functional groups attached to an aromatic ring is 1. The van der Waals surface area contributed by atoms with Crippen LogP contribution in [0.25, 0.3) is 0 Å². The van der Waals surface area contributed by atoms with Crippen LogP contribution in [0.15, 0.2) is 36.5 Å². The van der Waals surface area contributed by atoms with Gasteiger partial charge in [0, 0.05) is 12.3 Å². The minimum atomic E-state index is -0.283. The number of anilines is 1. The van der Waals surface area contributed by atoms with E-state index in [1.807, 2.05) is 0 Å². The first kappa shape index (κ1) is 11.3. The fourth-order valence-electron chi connectivity index (χ4n) is 1.41. The number of hydrogen-bond donors (Lipinski definition) is 2. The number of hydrogen-bond acceptors (Lipinski definition) is 4. The number of halogens is 1. The average Bonchev–Trinajstić information content (AvgIpc) is 2.33. The maximum atomic E-state index is 12.9. The van der Waals surface area contributed by atoms with Gasteiger partial charge in [-0.2, -0.15) is 0 Å². The molecule has 0 fully saturated rings. The number of benzene rings is 1. The van der Waals surface area contributed by atoms with E-state index in [4.69, 9.17) is 10.6 Å². The van der Waals surface area contributed by atoms with Crippen molar-refractivity contribution in [2.75, 3.05) is 5.43 Å². The van der Waals surface area contributed by atoms with Gasteiger partial charge in [-0.25, -0.2) is 15.2 Å². The van der Waals surface area contributed by atoms with Gasteiger partial charge in [0.05, 0.1) is 0 Å². The van der Waals surface area contributed by atoms with Gasteiger partial charge in [-0.05, 0) is 36.8 Å². The minimum absolute atomic E-state index is 0.283. The number of ether oxygens (including phenoxy) is 1. The van der Waals surface area contributed by atoms with E-state index in [-0.39, 0.29) is 5.82 Å². The van der Waals surface area contributed by atoms with Gasteiger partial charge in [-0.3, -0.25) is 0 Å². The maximum absolute atomic E-state index is 12.9. The molecule has 4 nitrogen and oxygen atoms in total. The number of aromatic nitrogens is 1. The third kappa shape index (κ3) is 2.70. The lowest BCUT2D eigenvalue weighted by Crippen LogP contribution is -2.08. The maximum Gasteiger partial charge on any atom is 0.143 e. The molecule has 17 heavy (non-hydrogen) atoms. The largest absolute Gasteiger partial charge is 0.457 e. The highest BCUT2D eigenvalue weighted by Gasteiger charge is 2.03. The number of nitrogens with two attached hydrogens (primary N) is 1. The Labute approximate surface area is 98.2 Å². The normalized spacial score (nSPS) is 10.1. The summed E-state index contributed by atoms with van der Waals surface area (Å²) >= 11 is 0. The summed E-state index contributed by atoms with van der Waals surface area (Å²) in [7, 11) is 0. The Hall–Kier alpha value is -2.14. The second-order valence-electron chi connectivity index (χ2n) is 3.53. The van der Waals surface area contributed by atoms with Gasteiger partial charge < -0.3 is 10.2 Å². The molecule has 0 aliphatic heterocycles. The summed E-state index contributed by atoms with van der Waals surface area (Å²) in [6, 6.07) is 7.71. The van der Waals surface area contributed by atoms with Crippen LogP contribution >= 0.6 is 0 Å². The number of aryl methyl sites for hydroxylation is 1. The quantitative estimate of drug-likeness (QED) is 0.632. The molecule has 1 heterocycles. The molecule has 88 valence electrons. The fourth-order valence-corrected chi connectivity index (χ4v) is 1.41. The molecule has 2 rings (SSSR count). The molecule has 1 aromatic heterocycles. The second kappa shape index (κ2) is 4.80. The molecule has 0 atom stereocenters. The predicted molar refractivity (Wildman–Crippen MR) is 63.3 cm³/mol. The monoisotopic (exact) mass is 233 g/mol. The van der Waals surface area contributed by atoms with Gasteiger partial charge in [0.25, 0.3) is 0 Å². The van der Waals surface area contributed by atoms with Crippen molar-refractivity contribution in [3.05, 3.63) is 47.9 Å². The Morgan fingerprint density at radius 3 is 2.82 bits per heavy atom. The van der Waals surface area contributed by atoms with E-state index in [0.717, 1.165) is 5.56 Å². The minimum Gasteiger partial charge on any atom is -0.457 e. The first-order valence-corrected chi connectivity index (χ1v) is 5.06. The van der Waals surface area contributed by atoms with E-state index >= 15 is 0 Å². The van der Waals surface area contributed by atoms with Crippen molar-refractivity contribution < 1.29 is 9.13 Å². The fraction of sp³-hybridized carbons (Fsp3) is 0.0833. The van der Waals surface area contributed by atoms with Crippen LogP contribution in [-0.2, 0) is 0 Å². The Bertz CT molecular complexity index is 531. The molecule has 0 aliphatic carbocycles. The summed E-state index contributed by atoms with van der Waals surface area (Å²) in [4.78, 5) is 3.96. The van der Waals surface area contributed by atoms with Crippen molar-refractivity contribution in [2.45, 2.75) is 6.92 Å². The molecule has 1 aromatic carbocycles. The van der Waals surface area contributed by atoms with Crippen molar-refractivity contribution in [1.82, 2.24) is 4.98 Å². The number of hydrazine groups is 1. The highest BCUT2D eigenvalue weighted by atomic mass is 19.1. The van der Waals surface area contributed by atoms with Crippen molar-refractivity contribution in [3.8, 4) is 11.5 Å².